The molecule has 0 aliphatic rings. The number of carbonyl (C=O) groups is 4. The normalized spacial score (nSPS) is 10.4. The molecule has 0 aromatic heterocycles. The molecule has 0 saturated heterocycles. The number of esters is 2. The Bertz CT molecular complexity index is 1300. The Labute approximate surface area is 233 Å². The van der Waals surface area contributed by atoms with E-state index in [9.17, 15) is 19.2 Å². The Hall–Kier alpha value is -4.66. The molecule has 9 heteroatoms. The van der Waals surface area contributed by atoms with E-state index in [4.69, 9.17) is 14.2 Å². The minimum Gasteiger partial charge on any atom is -0.462 e. The van der Waals surface area contributed by atoms with Crippen molar-refractivity contribution in [3.8, 4) is 11.5 Å². The Kier molecular flexibility index (Phi) is 11.3. The number of unbranched alkanes of at least 4 members (excludes halogenated alkanes) is 1. The number of nitrogens with one attached hydrogen (secondary N) is 2. The van der Waals surface area contributed by atoms with Gasteiger partial charge in [0.1, 0.15) is 11.5 Å². The molecule has 0 radical (unpaired) electrons. The van der Waals surface area contributed by atoms with E-state index in [-0.39, 0.29) is 18.7 Å². The number of rotatable bonds is 13. The van der Waals surface area contributed by atoms with Crippen LogP contribution < -0.4 is 15.4 Å². The van der Waals surface area contributed by atoms with Crippen LogP contribution in [0.15, 0.2) is 66.7 Å². The first-order valence-electron chi connectivity index (χ1n) is 13.1. The van der Waals surface area contributed by atoms with Crippen LogP contribution in [0.25, 0.3) is 0 Å². The summed E-state index contributed by atoms with van der Waals surface area (Å²) in [5.74, 6) is -0.641. The molecule has 3 rings (SSSR count). The summed E-state index contributed by atoms with van der Waals surface area (Å²) in [6.07, 6.45) is 1.44. The van der Waals surface area contributed by atoms with Crippen LogP contribution in [0.4, 0.5) is 11.4 Å². The van der Waals surface area contributed by atoms with Gasteiger partial charge in [0.05, 0.1) is 18.6 Å². The molecular weight excluding hydrogens is 512 g/mol. The van der Waals surface area contributed by atoms with Crippen LogP contribution in [0.3, 0.4) is 0 Å². The lowest BCUT2D eigenvalue weighted by atomic mass is 10.1. The highest BCUT2D eigenvalue weighted by Crippen LogP contribution is 2.25. The number of ether oxygens (including phenoxy) is 3. The van der Waals surface area contributed by atoms with Crippen molar-refractivity contribution in [2.24, 2.45) is 0 Å². The summed E-state index contributed by atoms with van der Waals surface area (Å²) in [4.78, 5) is 48.3. The highest BCUT2D eigenvalue weighted by Gasteiger charge is 2.12. The summed E-state index contributed by atoms with van der Waals surface area (Å²) in [6, 6.07) is 19.1. The van der Waals surface area contributed by atoms with E-state index in [0.29, 0.717) is 29.3 Å². The molecule has 2 amide bonds. The fourth-order valence-corrected chi connectivity index (χ4v) is 3.67. The highest BCUT2D eigenvalue weighted by atomic mass is 16.5. The van der Waals surface area contributed by atoms with Gasteiger partial charge in [-0.25, -0.2) is 4.79 Å². The Morgan fingerprint density at radius 2 is 1.30 bits per heavy atom. The second kappa shape index (κ2) is 15.1. The van der Waals surface area contributed by atoms with Crippen molar-refractivity contribution in [1.29, 1.82) is 0 Å². The van der Waals surface area contributed by atoms with Gasteiger partial charge >= 0.3 is 11.9 Å². The average Bonchev–Trinajstić information content (AvgIpc) is 2.92. The number of hydrogen-bond acceptors (Lipinski definition) is 7. The summed E-state index contributed by atoms with van der Waals surface area (Å²) < 4.78 is 16.0. The van der Waals surface area contributed by atoms with Gasteiger partial charge in [-0.2, -0.15) is 0 Å². The van der Waals surface area contributed by atoms with E-state index >= 15 is 0 Å². The third kappa shape index (κ3) is 10.2. The van der Waals surface area contributed by atoms with Gasteiger partial charge in [-0.05, 0) is 92.1 Å². The van der Waals surface area contributed by atoms with Crippen LogP contribution in [0, 0.1) is 13.8 Å². The SMILES string of the molecule is CCCCOC(=O)c1ccc(NC(=O)COC(=O)CCC(=O)Nc2ccc(Oc3cc(C)cc(C)c3)cc2)cc1. The van der Waals surface area contributed by atoms with Crippen LogP contribution in [-0.4, -0.2) is 37.0 Å². The molecular formula is C31H34N2O7. The van der Waals surface area contributed by atoms with Crippen molar-refractivity contribution in [2.45, 2.75) is 46.5 Å². The van der Waals surface area contributed by atoms with Crippen molar-refractivity contribution in [2.75, 3.05) is 23.8 Å². The predicted molar refractivity (Wildman–Crippen MR) is 152 cm³/mol. The molecule has 0 spiro atoms. The summed E-state index contributed by atoms with van der Waals surface area (Å²) in [5.41, 5.74) is 3.58. The lowest BCUT2D eigenvalue weighted by molar-refractivity contribution is -0.147. The molecule has 0 unspecified atom stereocenters. The lowest BCUT2D eigenvalue weighted by Crippen LogP contribution is -2.21. The zero-order valence-corrected chi connectivity index (χ0v) is 23.0. The molecule has 0 heterocycles. The van der Waals surface area contributed by atoms with E-state index in [0.717, 1.165) is 29.7 Å². The summed E-state index contributed by atoms with van der Waals surface area (Å²) in [6.45, 7) is 5.87. The van der Waals surface area contributed by atoms with E-state index < -0.39 is 24.5 Å². The summed E-state index contributed by atoms with van der Waals surface area (Å²) in [7, 11) is 0. The zero-order valence-electron chi connectivity index (χ0n) is 23.0. The maximum Gasteiger partial charge on any atom is 0.338 e. The van der Waals surface area contributed by atoms with Gasteiger partial charge in [0.2, 0.25) is 5.91 Å². The zero-order chi connectivity index (χ0) is 28.9. The van der Waals surface area contributed by atoms with E-state index in [1.807, 2.05) is 32.9 Å². The quantitative estimate of drug-likeness (QED) is 0.201. The molecule has 0 fully saturated rings. The number of hydrogen-bond donors (Lipinski definition) is 2. The number of benzene rings is 3. The van der Waals surface area contributed by atoms with Gasteiger partial charge in [0.25, 0.3) is 5.91 Å². The Morgan fingerprint density at radius 1 is 0.700 bits per heavy atom. The largest absolute Gasteiger partial charge is 0.462 e. The number of amides is 2. The van der Waals surface area contributed by atoms with Crippen LogP contribution in [-0.2, 0) is 23.9 Å². The first-order valence-corrected chi connectivity index (χ1v) is 13.1. The van der Waals surface area contributed by atoms with Gasteiger partial charge in [-0.15, -0.1) is 0 Å². The molecule has 0 saturated carbocycles. The monoisotopic (exact) mass is 546 g/mol. The van der Waals surface area contributed by atoms with Gasteiger partial charge in [-0.3, -0.25) is 14.4 Å². The average molecular weight is 547 g/mol. The first kappa shape index (κ1) is 29.9. The highest BCUT2D eigenvalue weighted by molar-refractivity contribution is 5.95. The minimum absolute atomic E-state index is 0.100. The molecule has 2 N–H and O–H groups in total. The third-order valence-corrected chi connectivity index (χ3v) is 5.62. The summed E-state index contributed by atoms with van der Waals surface area (Å²) in [5, 5.41) is 5.30. The Morgan fingerprint density at radius 3 is 1.93 bits per heavy atom. The van der Waals surface area contributed by atoms with Gasteiger partial charge < -0.3 is 24.8 Å². The van der Waals surface area contributed by atoms with Crippen molar-refractivity contribution in [1.82, 2.24) is 0 Å². The van der Waals surface area contributed by atoms with Crippen molar-refractivity contribution >= 4 is 35.1 Å². The molecule has 9 nitrogen and oxygen atoms in total. The summed E-state index contributed by atoms with van der Waals surface area (Å²) >= 11 is 0. The maximum absolute atomic E-state index is 12.2. The van der Waals surface area contributed by atoms with E-state index in [1.165, 1.54) is 0 Å². The fourth-order valence-electron chi connectivity index (χ4n) is 3.67. The maximum atomic E-state index is 12.2. The van der Waals surface area contributed by atoms with Crippen molar-refractivity contribution < 1.29 is 33.4 Å². The standard InChI is InChI=1S/C31H34N2O7/c1-4-5-16-38-31(37)23-6-8-24(9-7-23)33-29(35)20-39-30(36)15-14-28(34)32-25-10-12-26(13-11-25)40-27-18-21(2)17-22(3)19-27/h6-13,17-19H,4-5,14-16,20H2,1-3H3,(H,32,34)(H,33,35). The Balaban J connectivity index is 1.35. The second-order valence-electron chi connectivity index (χ2n) is 9.27. The molecule has 0 bridgehead atoms. The lowest BCUT2D eigenvalue weighted by Gasteiger charge is -2.10. The second-order valence-corrected chi connectivity index (χ2v) is 9.27. The predicted octanol–water partition coefficient (Wildman–Crippen LogP) is 5.95. The van der Waals surface area contributed by atoms with Crippen LogP contribution in [0.5, 0.6) is 11.5 Å². The molecule has 210 valence electrons. The van der Waals surface area contributed by atoms with E-state index in [2.05, 4.69) is 16.7 Å². The molecule has 0 aliphatic carbocycles. The smallest absolute Gasteiger partial charge is 0.338 e. The first-order chi connectivity index (χ1) is 19.2. The molecule has 0 aliphatic heterocycles. The van der Waals surface area contributed by atoms with Gasteiger partial charge in [0.15, 0.2) is 6.61 Å². The number of aryl methyl sites for hydroxylation is 2. The van der Waals surface area contributed by atoms with E-state index in [1.54, 1.807) is 48.5 Å². The molecule has 40 heavy (non-hydrogen) atoms. The molecule has 3 aromatic rings. The van der Waals surface area contributed by atoms with Gasteiger partial charge in [-0.1, -0.05) is 19.4 Å². The topological polar surface area (TPSA) is 120 Å². The van der Waals surface area contributed by atoms with Crippen LogP contribution in [0.2, 0.25) is 0 Å². The van der Waals surface area contributed by atoms with Crippen LogP contribution >= 0.6 is 0 Å². The molecule has 3 aromatic carbocycles. The van der Waals surface area contributed by atoms with Crippen molar-refractivity contribution in [3.05, 3.63) is 83.4 Å². The number of carbonyl (C=O) groups excluding carboxylic acids is 4. The number of anilines is 2. The van der Waals surface area contributed by atoms with Crippen LogP contribution in [0.1, 0.15) is 54.1 Å². The third-order valence-electron chi connectivity index (χ3n) is 5.62. The fraction of sp³-hybridized carbons (Fsp3) is 0.290. The molecule has 0 atom stereocenters. The van der Waals surface area contributed by atoms with Gasteiger partial charge in [0, 0.05) is 17.8 Å². The van der Waals surface area contributed by atoms with Crippen molar-refractivity contribution in [3.63, 3.8) is 0 Å². The minimum atomic E-state index is -0.673.